The Morgan fingerprint density at radius 3 is 2.83 bits per heavy atom. The van der Waals surface area contributed by atoms with Crippen molar-refractivity contribution in [2.24, 2.45) is 0 Å². The van der Waals surface area contributed by atoms with Crippen LogP contribution in [0.2, 0.25) is 0 Å². The number of methoxy groups -OCH3 is 1. The first-order chi connectivity index (χ1) is 8.90. The summed E-state index contributed by atoms with van der Waals surface area (Å²) in [6.45, 7) is 2.60. The molecular weight excluding hydrogens is 244 g/mol. The molecule has 96 valence electrons. The second kappa shape index (κ2) is 7.26. The van der Waals surface area contributed by atoms with Gasteiger partial charge in [-0.25, -0.2) is 4.98 Å². The van der Waals surface area contributed by atoms with E-state index in [1.165, 1.54) is 5.56 Å². The van der Waals surface area contributed by atoms with Gasteiger partial charge in [-0.2, -0.15) is 0 Å². The second-order valence-electron chi connectivity index (χ2n) is 4.00. The van der Waals surface area contributed by atoms with Crippen LogP contribution in [0.5, 0.6) is 0 Å². The first-order valence-corrected chi connectivity index (χ1v) is 6.97. The first kappa shape index (κ1) is 13.2. The Morgan fingerprint density at radius 2 is 2.06 bits per heavy atom. The third-order valence-corrected chi connectivity index (χ3v) is 3.55. The number of rotatable bonds is 7. The molecule has 0 amide bonds. The summed E-state index contributed by atoms with van der Waals surface area (Å²) in [7, 11) is 1.72. The lowest BCUT2D eigenvalue weighted by atomic mass is 10.2. The van der Waals surface area contributed by atoms with Gasteiger partial charge >= 0.3 is 0 Å². The molecule has 4 heteroatoms. The van der Waals surface area contributed by atoms with Crippen molar-refractivity contribution in [2.75, 3.05) is 26.8 Å². The molecule has 0 aliphatic carbocycles. The van der Waals surface area contributed by atoms with E-state index in [4.69, 9.17) is 4.74 Å². The molecule has 3 nitrogen and oxygen atoms in total. The van der Waals surface area contributed by atoms with E-state index in [2.05, 4.69) is 27.8 Å². The monoisotopic (exact) mass is 262 g/mol. The summed E-state index contributed by atoms with van der Waals surface area (Å²) in [6, 6.07) is 10.3. The van der Waals surface area contributed by atoms with E-state index in [1.54, 1.807) is 18.4 Å². The first-order valence-electron chi connectivity index (χ1n) is 6.09. The van der Waals surface area contributed by atoms with Crippen molar-refractivity contribution >= 4 is 11.3 Å². The molecule has 0 aliphatic heterocycles. The molecule has 1 aromatic carbocycles. The molecule has 0 radical (unpaired) electrons. The van der Waals surface area contributed by atoms with Gasteiger partial charge in [-0.1, -0.05) is 30.3 Å². The van der Waals surface area contributed by atoms with Gasteiger partial charge in [0.05, 0.1) is 12.3 Å². The van der Waals surface area contributed by atoms with Gasteiger partial charge in [-0.15, -0.1) is 11.3 Å². The van der Waals surface area contributed by atoms with Crippen molar-refractivity contribution in [3.05, 3.63) is 41.4 Å². The molecule has 0 atom stereocenters. The summed E-state index contributed by atoms with van der Waals surface area (Å²) in [6.07, 6.45) is 0.965. The highest BCUT2D eigenvalue weighted by Gasteiger charge is 2.03. The molecular formula is C14H18N2OS. The van der Waals surface area contributed by atoms with Crippen molar-refractivity contribution in [3.63, 3.8) is 0 Å². The zero-order valence-electron chi connectivity index (χ0n) is 10.6. The van der Waals surface area contributed by atoms with Crippen molar-refractivity contribution in [2.45, 2.75) is 6.42 Å². The van der Waals surface area contributed by atoms with Crippen molar-refractivity contribution in [1.29, 1.82) is 0 Å². The van der Waals surface area contributed by atoms with Gasteiger partial charge in [-0.05, 0) is 0 Å². The summed E-state index contributed by atoms with van der Waals surface area (Å²) < 4.78 is 4.98. The third kappa shape index (κ3) is 3.91. The van der Waals surface area contributed by atoms with Crippen LogP contribution in [0.4, 0.5) is 0 Å². The normalized spacial score (nSPS) is 10.7. The van der Waals surface area contributed by atoms with Crippen molar-refractivity contribution in [3.8, 4) is 10.6 Å². The summed E-state index contributed by atoms with van der Waals surface area (Å²) in [5.74, 6) is 0. The van der Waals surface area contributed by atoms with Gasteiger partial charge in [0.15, 0.2) is 0 Å². The molecule has 0 aliphatic rings. The number of nitrogens with one attached hydrogen (secondary N) is 1. The molecule has 2 rings (SSSR count). The maximum Gasteiger partial charge on any atom is 0.123 e. The van der Waals surface area contributed by atoms with E-state index in [0.717, 1.165) is 36.8 Å². The standard InChI is InChI=1S/C14H18N2OS/c1-17-10-9-15-8-7-13-11-18-14(16-13)12-5-3-2-4-6-12/h2-6,11,15H,7-10H2,1H3. The smallest absolute Gasteiger partial charge is 0.123 e. The number of ether oxygens (including phenoxy) is 1. The molecule has 0 unspecified atom stereocenters. The fourth-order valence-electron chi connectivity index (χ4n) is 1.65. The minimum Gasteiger partial charge on any atom is -0.383 e. The number of benzene rings is 1. The summed E-state index contributed by atoms with van der Waals surface area (Å²) in [5, 5.41) is 6.56. The van der Waals surface area contributed by atoms with Gasteiger partial charge in [0.25, 0.3) is 0 Å². The minimum absolute atomic E-state index is 0.756. The third-order valence-electron chi connectivity index (χ3n) is 2.61. The summed E-state index contributed by atoms with van der Waals surface area (Å²) in [4.78, 5) is 4.65. The van der Waals surface area contributed by atoms with Gasteiger partial charge in [-0.3, -0.25) is 0 Å². The van der Waals surface area contributed by atoms with Gasteiger partial charge < -0.3 is 10.1 Å². The van der Waals surface area contributed by atoms with E-state index in [9.17, 15) is 0 Å². The van der Waals surface area contributed by atoms with E-state index in [1.807, 2.05) is 18.2 Å². The Kier molecular flexibility index (Phi) is 5.33. The highest BCUT2D eigenvalue weighted by molar-refractivity contribution is 7.13. The molecule has 18 heavy (non-hydrogen) atoms. The molecule has 0 spiro atoms. The average Bonchev–Trinajstić information content (AvgIpc) is 2.88. The lowest BCUT2D eigenvalue weighted by Gasteiger charge is -2.01. The summed E-state index contributed by atoms with van der Waals surface area (Å²) in [5.41, 5.74) is 2.35. The molecule has 0 bridgehead atoms. The quantitative estimate of drug-likeness (QED) is 0.779. The highest BCUT2D eigenvalue weighted by Crippen LogP contribution is 2.23. The lowest BCUT2D eigenvalue weighted by molar-refractivity contribution is 0.199. The van der Waals surface area contributed by atoms with Crippen LogP contribution in [0.25, 0.3) is 10.6 Å². The van der Waals surface area contributed by atoms with E-state index >= 15 is 0 Å². The Morgan fingerprint density at radius 1 is 1.22 bits per heavy atom. The van der Waals surface area contributed by atoms with Crippen LogP contribution in [-0.4, -0.2) is 31.8 Å². The minimum atomic E-state index is 0.756. The van der Waals surface area contributed by atoms with Crippen LogP contribution < -0.4 is 5.32 Å². The zero-order valence-corrected chi connectivity index (χ0v) is 11.4. The molecule has 1 heterocycles. The van der Waals surface area contributed by atoms with Gasteiger partial charge in [0, 0.05) is 37.6 Å². The van der Waals surface area contributed by atoms with E-state index in [0.29, 0.717) is 0 Å². The molecule has 0 fully saturated rings. The highest BCUT2D eigenvalue weighted by atomic mass is 32.1. The number of nitrogens with zero attached hydrogens (tertiary/aromatic N) is 1. The van der Waals surface area contributed by atoms with Crippen LogP contribution >= 0.6 is 11.3 Å². The van der Waals surface area contributed by atoms with Crippen LogP contribution in [0.15, 0.2) is 35.7 Å². The molecule has 0 saturated heterocycles. The van der Waals surface area contributed by atoms with Crippen molar-refractivity contribution < 1.29 is 4.74 Å². The fraction of sp³-hybridized carbons (Fsp3) is 0.357. The van der Waals surface area contributed by atoms with E-state index in [-0.39, 0.29) is 0 Å². The topological polar surface area (TPSA) is 34.1 Å². The average molecular weight is 262 g/mol. The Labute approximate surface area is 112 Å². The maximum absolute atomic E-state index is 4.98. The molecule has 0 saturated carbocycles. The Balaban J connectivity index is 1.83. The zero-order chi connectivity index (χ0) is 12.6. The van der Waals surface area contributed by atoms with Crippen LogP contribution in [0, 0.1) is 0 Å². The Hall–Kier alpha value is -1.23. The van der Waals surface area contributed by atoms with Crippen LogP contribution in [-0.2, 0) is 11.2 Å². The largest absolute Gasteiger partial charge is 0.383 e. The predicted octanol–water partition coefficient (Wildman–Crippen LogP) is 2.59. The number of hydrogen-bond donors (Lipinski definition) is 1. The van der Waals surface area contributed by atoms with Crippen LogP contribution in [0.1, 0.15) is 5.69 Å². The van der Waals surface area contributed by atoms with Crippen molar-refractivity contribution in [1.82, 2.24) is 10.3 Å². The number of hydrogen-bond acceptors (Lipinski definition) is 4. The van der Waals surface area contributed by atoms with Crippen LogP contribution in [0.3, 0.4) is 0 Å². The molecule has 1 aromatic heterocycles. The fourth-order valence-corrected chi connectivity index (χ4v) is 2.51. The summed E-state index contributed by atoms with van der Waals surface area (Å²) >= 11 is 1.71. The SMILES string of the molecule is COCCNCCc1csc(-c2ccccc2)n1. The van der Waals surface area contributed by atoms with E-state index < -0.39 is 0 Å². The maximum atomic E-state index is 4.98. The Bertz CT molecular complexity index is 456. The lowest BCUT2D eigenvalue weighted by Crippen LogP contribution is -2.21. The molecule has 2 aromatic rings. The molecule has 1 N–H and O–H groups in total. The number of thiazole rings is 1. The second-order valence-corrected chi connectivity index (χ2v) is 4.86. The number of aromatic nitrogens is 1. The van der Waals surface area contributed by atoms with Gasteiger partial charge in [0.1, 0.15) is 5.01 Å². The predicted molar refractivity (Wildman–Crippen MR) is 76.0 cm³/mol. The van der Waals surface area contributed by atoms with Gasteiger partial charge in [0.2, 0.25) is 0 Å².